The smallest absolute Gasteiger partial charge is 0.410 e. The standard InChI is InChI=1S/C18H24BrFN2O3/c1-18(2,3)25-17(24)22-8-6-12(7-9-22)10-16(23)21-15-5-4-13(19)11-14(15)20/h4-5,11-12H,6-10H2,1-3H3,(H,21,23). The van der Waals surface area contributed by atoms with E-state index in [0.717, 1.165) is 12.8 Å². The van der Waals surface area contributed by atoms with Crippen molar-refractivity contribution in [1.82, 2.24) is 4.90 Å². The molecule has 1 saturated heterocycles. The number of carbonyl (C=O) groups excluding carboxylic acids is 2. The van der Waals surface area contributed by atoms with Crippen LogP contribution in [-0.2, 0) is 9.53 Å². The van der Waals surface area contributed by atoms with Crippen molar-refractivity contribution in [3.8, 4) is 0 Å². The van der Waals surface area contributed by atoms with Crippen molar-refractivity contribution in [2.24, 2.45) is 5.92 Å². The second kappa shape index (κ2) is 8.17. The van der Waals surface area contributed by atoms with Gasteiger partial charge in [-0.05, 0) is 57.7 Å². The number of rotatable bonds is 3. The molecule has 0 unspecified atom stereocenters. The number of amides is 2. The SMILES string of the molecule is CC(C)(C)OC(=O)N1CCC(CC(=O)Nc2ccc(Br)cc2F)CC1. The lowest BCUT2D eigenvalue weighted by Crippen LogP contribution is -2.42. The highest BCUT2D eigenvalue weighted by Crippen LogP contribution is 2.24. The number of likely N-dealkylation sites (tertiary alicyclic amines) is 1. The summed E-state index contributed by atoms with van der Waals surface area (Å²) in [6.45, 7) is 6.65. The number of piperidine rings is 1. The first-order valence-corrected chi connectivity index (χ1v) is 9.16. The van der Waals surface area contributed by atoms with Gasteiger partial charge in [0.1, 0.15) is 11.4 Å². The van der Waals surface area contributed by atoms with Crippen LogP contribution in [0.2, 0.25) is 0 Å². The van der Waals surface area contributed by atoms with E-state index in [9.17, 15) is 14.0 Å². The fraction of sp³-hybridized carbons (Fsp3) is 0.556. The predicted octanol–water partition coefficient (Wildman–Crippen LogP) is 4.56. The summed E-state index contributed by atoms with van der Waals surface area (Å²) in [5, 5.41) is 2.61. The van der Waals surface area contributed by atoms with Crippen LogP contribution in [0.5, 0.6) is 0 Å². The Morgan fingerprint density at radius 2 is 1.96 bits per heavy atom. The van der Waals surface area contributed by atoms with E-state index < -0.39 is 11.4 Å². The third-order valence-electron chi connectivity index (χ3n) is 3.95. The number of anilines is 1. The molecule has 2 rings (SSSR count). The van der Waals surface area contributed by atoms with Crippen LogP contribution in [-0.4, -0.2) is 35.6 Å². The van der Waals surface area contributed by atoms with Gasteiger partial charge in [0, 0.05) is 24.0 Å². The van der Waals surface area contributed by atoms with Crippen LogP contribution in [0.1, 0.15) is 40.0 Å². The largest absolute Gasteiger partial charge is 0.444 e. The van der Waals surface area contributed by atoms with Crippen molar-refractivity contribution in [1.29, 1.82) is 0 Å². The molecule has 2 amide bonds. The summed E-state index contributed by atoms with van der Waals surface area (Å²) in [6, 6.07) is 4.52. The highest BCUT2D eigenvalue weighted by molar-refractivity contribution is 9.10. The number of nitrogens with one attached hydrogen (secondary N) is 1. The molecule has 0 atom stereocenters. The highest BCUT2D eigenvalue weighted by atomic mass is 79.9. The molecule has 1 aromatic rings. The number of benzene rings is 1. The molecule has 0 aromatic heterocycles. The van der Waals surface area contributed by atoms with Gasteiger partial charge in [0.25, 0.3) is 0 Å². The van der Waals surface area contributed by atoms with Crippen LogP contribution in [0, 0.1) is 11.7 Å². The number of nitrogens with zero attached hydrogens (tertiary/aromatic N) is 1. The van der Waals surface area contributed by atoms with Gasteiger partial charge < -0.3 is 15.0 Å². The molecule has 1 heterocycles. The Hall–Kier alpha value is -1.63. The summed E-state index contributed by atoms with van der Waals surface area (Å²) in [7, 11) is 0. The van der Waals surface area contributed by atoms with Gasteiger partial charge in [-0.1, -0.05) is 15.9 Å². The molecule has 0 spiro atoms. The van der Waals surface area contributed by atoms with E-state index in [0.29, 0.717) is 24.0 Å². The van der Waals surface area contributed by atoms with E-state index in [2.05, 4.69) is 21.2 Å². The maximum absolute atomic E-state index is 13.8. The van der Waals surface area contributed by atoms with Crippen molar-refractivity contribution < 1.29 is 18.7 Å². The van der Waals surface area contributed by atoms with E-state index in [1.165, 1.54) is 12.1 Å². The summed E-state index contributed by atoms with van der Waals surface area (Å²) in [5.41, 5.74) is -0.331. The fourth-order valence-electron chi connectivity index (χ4n) is 2.70. The first-order chi connectivity index (χ1) is 11.6. The molecule has 1 fully saturated rings. The second-order valence-corrected chi connectivity index (χ2v) is 8.20. The lowest BCUT2D eigenvalue weighted by atomic mass is 9.93. The van der Waals surface area contributed by atoms with Crippen LogP contribution >= 0.6 is 15.9 Å². The molecule has 1 aromatic carbocycles. The first kappa shape index (κ1) is 19.7. The maximum atomic E-state index is 13.8. The van der Waals surface area contributed by atoms with Gasteiger partial charge in [0.2, 0.25) is 5.91 Å². The van der Waals surface area contributed by atoms with Crippen LogP contribution in [0.15, 0.2) is 22.7 Å². The zero-order chi connectivity index (χ0) is 18.6. The Labute approximate surface area is 156 Å². The zero-order valence-corrected chi connectivity index (χ0v) is 16.4. The zero-order valence-electron chi connectivity index (χ0n) is 14.8. The van der Waals surface area contributed by atoms with Crippen molar-refractivity contribution in [2.75, 3.05) is 18.4 Å². The normalized spacial score (nSPS) is 15.8. The van der Waals surface area contributed by atoms with Crippen molar-refractivity contribution in [3.05, 3.63) is 28.5 Å². The number of halogens is 2. The van der Waals surface area contributed by atoms with Crippen LogP contribution < -0.4 is 5.32 Å². The molecule has 0 bridgehead atoms. The van der Waals surface area contributed by atoms with E-state index in [-0.39, 0.29) is 23.6 Å². The van der Waals surface area contributed by atoms with Crippen molar-refractivity contribution in [3.63, 3.8) is 0 Å². The summed E-state index contributed by atoms with van der Waals surface area (Å²) in [5.74, 6) is -0.503. The number of carbonyl (C=O) groups is 2. The van der Waals surface area contributed by atoms with Crippen LogP contribution in [0.25, 0.3) is 0 Å². The van der Waals surface area contributed by atoms with Gasteiger partial charge >= 0.3 is 6.09 Å². The molecule has 1 aliphatic heterocycles. The van der Waals surface area contributed by atoms with Gasteiger partial charge in [-0.25, -0.2) is 9.18 Å². The maximum Gasteiger partial charge on any atom is 0.410 e. The van der Waals surface area contributed by atoms with Gasteiger partial charge in [-0.3, -0.25) is 4.79 Å². The Bertz CT molecular complexity index is 638. The van der Waals surface area contributed by atoms with E-state index in [4.69, 9.17) is 4.74 Å². The Balaban J connectivity index is 1.79. The lowest BCUT2D eigenvalue weighted by molar-refractivity contribution is -0.117. The molecule has 0 radical (unpaired) electrons. The summed E-state index contributed by atoms with van der Waals surface area (Å²) >= 11 is 3.18. The quantitative estimate of drug-likeness (QED) is 0.787. The van der Waals surface area contributed by atoms with Gasteiger partial charge in [-0.15, -0.1) is 0 Å². The van der Waals surface area contributed by atoms with Crippen molar-refractivity contribution in [2.45, 2.75) is 45.6 Å². The average molecular weight is 415 g/mol. The minimum atomic E-state index is -0.511. The molecule has 138 valence electrons. The minimum Gasteiger partial charge on any atom is -0.444 e. The molecule has 0 saturated carbocycles. The molecule has 5 nitrogen and oxygen atoms in total. The van der Waals surface area contributed by atoms with E-state index in [1.54, 1.807) is 11.0 Å². The summed E-state index contributed by atoms with van der Waals surface area (Å²) < 4.78 is 19.7. The van der Waals surface area contributed by atoms with Crippen LogP contribution in [0.3, 0.4) is 0 Å². The first-order valence-electron chi connectivity index (χ1n) is 8.37. The Morgan fingerprint density at radius 3 is 2.52 bits per heavy atom. The molecule has 25 heavy (non-hydrogen) atoms. The van der Waals surface area contributed by atoms with E-state index in [1.807, 2.05) is 20.8 Å². The monoisotopic (exact) mass is 414 g/mol. The second-order valence-electron chi connectivity index (χ2n) is 7.29. The topological polar surface area (TPSA) is 58.6 Å². The Kier molecular flexibility index (Phi) is 6.43. The number of hydrogen-bond acceptors (Lipinski definition) is 3. The highest BCUT2D eigenvalue weighted by Gasteiger charge is 2.27. The van der Waals surface area contributed by atoms with E-state index >= 15 is 0 Å². The molecule has 1 aliphatic rings. The fourth-order valence-corrected chi connectivity index (χ4v) is 3.03. The Morgan fingerprint density at radius 1 is 1.32 bits per heavy atom. The van der Waals surface area contributed by atoms with Gasteiger partial charge in [0.15, 0.2) is 0 Å². The lowest BCUT2D eigenvalue weighted by Gasteiger charge is -2.33. The van der Waals surface area contributed by atoms with Crippen molar-refractivity contribution >= 4 is 33.6 Å². The molecule has 7 heteroatoms. The van der Waals surface area contributed by atoms with Gasteiger partial charge in [0.05, 0.1) is 5.69 Å². The molecular weight excluding hydrogens is 391 g/mol. The van der Waals surface area contributed by atoms with Gasteiger partial charge in [-0.2, -0.15) is 0 Å². The van der Waals surface area contributed by atoms with Crippen LogP contribution in [0.4, 0.5) is 14.9 Å². The minimum absolute atomic E-state index is 0.178. The number of hydrogen-bond donors (Lipinski definition) is 1. The number of ether oxygens (including phenoxy) is 1. The summed E-state index contributed by atoms with van der Waals surface area (Å²) in [6.07, 6.45) is 1.47. The third-order valence-corrected chi connectivity index (χ3v) is 4.44. The molecular formula is C18H24BrFN2O3. The average Bonchev–Trinajstić information content (AvgIpc) is 2.49. The third kappa shape index (κ3) is 6.30. The summed E-state index contributed by atoms with van der Waals surface area (Å²) in [4.78, 5) is 25.8. The molecule has 0 aliphatic carbocycles. The molecule has 1 N–H and O–H groups in total. The predicted molar refractivity (Wildman–Crippen MR) is 97.9 cm³/mol.